The molecule has 3 aromatic carbocycles. The van der Waals surface area contributed by atoms with E-state index in [0.717, 1.165) is 11.1 Å². The molecule has 0 fully saturated rings. The van der Waals surface area contributed by atoms with E-state index < -0.39 is 6.04 Å². The summed E-state index contributed by atoms with van der Waals surface area (Å²) in [5, 5.41) is 4.31. The Hall–Kier alpha value is -2.53. The largest absolute Gasteiger partial charge is 0.352 e. The highest BCUT2D eigenvalue weighted by atomic mass is 35.5. The highest BCUT2D eigenvalue weighted by Gasteiger charge is 2.31. The summed E-state index contributed by atoms with van der Waals surface area (Å²) >= 11 is 18.7. The second-order valence-corrected chi connectivity index (χ2v) is 9.63. The van der Waals surface area contributed by atoms with Gasteiger partial charge in [-0.2, -0.15) is 0 Å². The van der Waals surface area contributed by atoms with Crippen molar-refractivity contribution >= 4 is 46.6 Å². The molecule has 0 saturated carbocycles. The van der Waals surface area contributed by atoms with Crippen molar-refractivity contribution in [1.29, 1.82) is 0 Å². The summed E-state index contributed by atoms with van der Waals surface area (Å²) in [7, 11) is 0. The van der Waals surface area contributed by atoms with E-state index in [1.54, 1.807) is 23.1 Å². The second kappa shape index (κ2) is 12.3. The lowest BCUT2D eigenvalue weighted by molar-refractivity contribution is -0.141. The Balaban J connectivity index is 2.00. The molecule has 0 bridgehead atoms. The topological polar surface area (TPSA) is 49.4 Å². The van der Waals surface area contributed by atoms with Gasteiger partial charge in [-0.25, -0.2) is 0 Å². The van der Waals surface area contributed by atoms with Crippen molar-refractivity contribution < 1.29 is 9.59 Å². The third-order valence-corrected chi connectivity index (χ3v) is 6.45. The Morgan fingerprint density at radius 3 is 2.15 bits per heavy atom. The molecule has 0 unspecified atom stereocenters. The van der Waals surface area contributed by atoms with Gasteiger partial charge in [0.15, 0.2) is 0 Å². The summed E-state index contributed by atoms with van der Waals surface area (Å²) < 4.78 is 0. The number of rotatable bonds is 9. The summed E-state index contributed by atoms with van der Waals surface area (Å²) in [4.78, 5) is 28.6. The lowest BCUT2D eigenvalue weighted by atomic mass is 10.0. The number of benzene rings is 3. The van der Waals surface area contributed by atoms with Crippen LogP contribution in [0.4, 0.5) is 0 Å². The fourth-order valence-electron chi connectivity index (χ4n) is 3.68. The van der Waals surface area contributed by atoms with Crippen LogP contribution in [0.3, 0.4) is 0 Å². The number of carbonyl (C=O) groups excluding carboxylic acids is 2. The number of hydrogen-bond donors (Lipinski definition) is 1. The molecular weight excluding hydrogens is 491 g/mol. The standard InChI is InChI=1S/C27H27Cl3N2O2/c1-18(2)31-27(34)25(15-19-8-4-3-5-9-19)32(17-20-12-13-23(29)24(30)14-20)26(33)16-21-10-6-7-11-22(21)28/h3-14,18,25H,15-17H2,1-2H3,(H,31,34)/t25-/m1/s1. The van der Waals surface area contributed by atoms with Gasteiger partial charge in [-0.15, -0.1) is 0 Å². The molecule has 0 aliphatic carbocycles. The maximum atomic E-state index is 13.7. The Morgan fingerprint density at radius 2 is 1.50 bits per heavy atom. The molecule has 34 heavy (non-hydrogen) atoms. The van der Waals surface area contributed by atoms with E-state index in [-0.39, 0.29) is 30.8 Å². The van der Waals surface area contributed by atoms with E-state index in [2.05, 4.69) is 5.32 Å². The Kier molecular flexibility index (Phi) is 9.40. The van der Waals surface area contributed by atoms with Gasteiger partial charge in [0.05, 0.1) is 16.5 Å². The number of nitrogens with one attached hydrogen (secondary N) is 1. The molecule has 3 rings (SSSR count). The van der Waals surface area contributed by atoms with Crippen LogP contribution in [-0.2, 0) is 29.0 Å². The van der Waals surface area contributed by atoms with Crippen LogP contribution in [0.2, 0.25) is 15.1 Å². The normalized spacial score (nSPS) is 11.8. The number of hydrogen-bond acceptors (Lipinski definition) is 2. The second-order valence-electron chi connectivity index (χ2n) is 8.41. The number of amides is 2. The smallest absolute Gasteiger partial charge is 0.243 e. The van der Waals surface area contributed by atoms with Crippen LogP contribution in [0.25, 0.3) is 0 Å². The zero-order valence-corrected chi connectivity index (χ0v) is 21.4. The average Bonchev–Trinajstić information content (AvgIpc) is 2.80. The summed E-state index contributed by atoms with van der Waals surface area (Å²) in [5.74, 6) is -0.426. The monoisotopic (exact) mass is 516 g/mol. The highest BCUT2D eigenvalue weighted by Crippen LogP contribution is 2.25. The van der Waals surface area contributed by atoms with E-state index in [9.17, 15) is 9.59 Å². The summed E-state index contributed by atoms with van der Waals surface area (Å²) in [6.07, 6.45) is 0.441. The SMILES string of the molecule is CC(C)NC(=O)[C@@H](Cc1ccccc1)N(Cc1ccc(Cl)c(Cl)c1)C(=O)Cc1ccccc1Cl. The Morgan fingerprint density at radius 1 is 0.824 bits per heavy atom. The Bertz CT molecular complexity index is 1140. The van der Waals surface area contributed by atoms with E-state index in [1.807, 2.05) is 68.4 Å². The van der Waals surface area contributed by atoms with Gasteiger partial charge < -0.3 is 10.2 Å². The van der Waals surface area contributed by atoms with E-state index >= 15 is 0 Å². The molecular formula is C27H27Cl3N2O2. The maximum Gasteiger partial charge on any atom is 0.243 e. The van der Waals surface area contributed by atoms with Crippen molar-refractivity contribution in [1.82, 2.24) is 10.2 Å². The fraction of sp³-hybridized carbons (Fsp3) is 0.259. The van der Waals surface area contributed by atoms with E-state index in [0.29, 0.717) is 27.1 Å². The Labute approximate surface area is 215 Å². The van der Waals surface area contributed by atoms with Crippen molar-refractivity contribution in [3.63, 3.8) is 0 Å². The van der Waals surface area contributed by atoms with Gasteiger partial charge in [-0.05, 0) is 48.7 Å². The molecule has 0 saturated heterocycles. The summed E-state index contributed by atoms with van der Waals surface area (Å²) in [5.41, 5.74) is 2.43. The zero-order chi connectivity index (χ0) is 24.7. The van der Waals surface area contributed by atoms with Crippen molar-refractivity contribution in [2.75, 3.05) is 0 Å². The zero-order valence-electron chi connectivity index (χ0n) is 19.1. The number of nitrogens with zero attached hydrogens (tertiary/aromatic N) is 1. The minimum absolute atomic E-state index is 0.0707. The maximum absolute atomic E-state index is 13.7. The molecule has 3 aromatic rings. The first-order chi connectivity index (χ1) is 16.2. The van der Waals surface area contributed by atoms with Crippen LogP contribution in [0.15, 0.2) is 72.8 Å². The lowest BCUT2D eigenvalue weighted by Crippen LogP contribution is -2.52. The summed E-state index contributed by atoms with van der Waals surface area (Å²) in [6, 6.07) is 21.3. The van der Waals surface area contributed by atoms with Crippen molar-refractivity contribution in [3.8, 4) is 0 Å². The van der Waals surface area contributed by atoms with Crippen molar-refractivity contribution in [3.05, 3.63) is 105 Å². The first-order valence-corrected chi connectivity index (χ1v) is 12.2. The molecule has 2 amide bonds. The van der Waals surface area contributed by atoms with Gasteiger partial charge in [0.1, 0.15) is 6.04 Å². The molecule has 0 aromatic heterocycles. The predicted molar refractivity (Wildman–Crippen MR) is 139 cm³/mol. The quantitative estimate of drug-likeness (QED) is 0.359. The molecule has 0 aliphatic rings. The average molecular weight is 518 g/mol. The van der Waals surface area contributed by atoms with Crippen LogP contribution in [0, 0.1) is 0 Å². The van der Waals surface area contributed by atoms with Crippen LogP contribution in [0.5, 0.6) is 0 Å². The predicted octanol–water partition coefficient (Wildman–Crippen LogP) is 6.35. The molecule has 0 aliphatic heterocycles. The molecule has 0 spiro atoms. The van der Waals surface area contributed by atoms with Gasteiger partial charge in [0.25, 0.3) is 0 Å². The van der Waals surface area contributed by atoms with Crippen LogP contribution in [0.1, 0.15) is 30.5 Å². The van der Waals surface area contributed by atoms with Gasteiger partial charge in [-0.3, -0.25) is 9.59 Å². The van der Waals surface area contributed by atoms with Crippen LogP contribution < -0.4 is 5.32 Å². The van der Waals surface area contributed by atoms with Gasteiger partial charge in [-0.1, -0.05) is 89.4 Å². The molecule has 1 atom stereocenters. The summed E-state index contributed by atoms with van der Waals surface area (Å²) in [6.45, 7) is 3.99. The van der Waals surface area contributed by atoms with Crippen LogP contribution >= 0.6 is 34.8 Å². The molecule has 1 N–H and O–H groups in total. The van der Waals surface area contributed by atoms with Gasteiger partial charge >= 0.3 is 0 Å². The number of carbonyl (C=O) groups is 2. The molecule has 0 heterocycles. The first kappa shape index (κ1) is 26.1. The molecule has 178 valence electrons. The number of halogens is 3. The molecule has 7 heteroatoms. The lowest BCUT2D eigenvalue weighted by Gasteiger charge is -2.32. The highest BCUT2D eigenvalue weighted by molar-refractivity contribution is 6.42. The minimum atomic E-state index is -0.728. The van der Waals surface area contributed by atoms with Crippen LogP contribution in [-0.4, -0.2) is 28.8 Å². The third kappa shape index (κ3) is 7.23. The third-order valence-electron chi connectivity index (χ3n) is 5.34. The van der Waals surface area contributed by atoms with E-state index in [4.69, 9.17) is 34.8 Å². The van der Waals surface area contributed by atoms with Gasteiger partial charge in [0, 0.05) is 24.0 Å². The molecule has 4 nitrogen and oxygen atoms in total. The van der Waals surface area contributed by atoms with Gasteiger partial charge in [0.2, 0.25) is 11.8 Å². The van der Waals surface area contributed by atoms with Crippen molar-refractivity contribution in [2.24, 2.45) is 0 Å². The fourth-order valence-corrected chi connectivity index (χ4v) is 4.20. The minimum Gasteiger partial charge on any atom is -0.352 e. The molecule has 0 radical (unpaired) electrons. The first-order valence-electron chi connectivity index (χ1n) is 11.1. The van der Waals surface area contributed by atoms with Crippen molar-refractivity contribution in [2.45, 2.75) is 45.3 Å². The van der Waals surface area contributed by atoms with E-state index in [1.165, 1.54) is 0 Å².